The van der Waals surface area contributed by atoms with Crippen molar-refractivity contribution in [3.8, 4) is 0 Å². The largest absolute Gasteiger partial charge is 0.467 e. The first-order chi connectivity index (χ1) is 12.2. The molecule has 134 valence electrons. The molecule has 1 saturated heterocycles. The summed E-state index contributed by atoms with van der Waals surface area (Å²) in [5.74, 6) is 0.631. The normalized spacial score (nSPS) is 22.2. The van der Waals surface area contributed by atoms with Crippen molar-refractivity contribution in [1.82, 2.24) is 4.90 Å². The molecular weight excluding hydrogens is 316 g/mol. The molecule has 1 aromatic heterocycles. The van der Waals surface area contributed by atoms with E-state index in [2.05, 4.69) is 35.0 Å². The van der Waals surface area contributed by atoms with E-state index in [1.807, 2.05) is 12.1 Å². The Morgan fingerprint density at radius 2 is 2.20 bits per heavy atom. The van der Waals surface area contributed by atoms with Crippen LogP contribution in [0.5, 0.6) is 0 Å². The van der Waals surface area contributed by atoms with E-state index < -0.39 is 6.10 Å². The van der Waals surface area contributed by atoms with Gasteiger partial charge in [0.05, 0.1) is 19.5 Å². The minimum atomic E-state index is -0.585. The number of aliphatic hydroxyl groups excluding tert-OH is 1. The van der Waals surface area contributed by atoms with Gasteiger partial charge < -0.3 is 19.2 Å². The lowest BCUT2D eigenvalue weighted by Crippen LogP contribution is -2.45. The minimum absolute atomic E-state index is 0.199. The van der Waals surface area contributed by atoms with Gasteiger partial charge >= 0.3 is 0 Å². The highest BCUT2D eigenvalue weighted by Gasteiger charge is 2.27. The van der Waals surface area contributed by atoms with Crippen LogP contribution in [0.15, 0.2) is 41.0 Å². The van der Waals surface area contributed by atoms with Crippen LogP contribution in [0.3, 0.4) is 0 Å². The van der Waals surface area contributed by atoms with E-state index in [4.69, 9.17) is 9.15 Å². The number of furan rings is 1. The molecule has 2 atom stereocenters. The number of benzene rings is 1. The fraction of sp³-hybridized carbons (Fsp3) is 0.500. The molecule has 5 nitrogen and oxygen atoms in total. The molecule has 0 radical (unpaired) electrons. The predicted molar refractivity (Wildman–Crippen MR) is 96.7 cm³/mol. The number of anilines is 1. The third kappa shape index (κ3) is 3.59. The number of hydrogen-bond donors (Lipinski definition) is 1. The first kappa shape index (κ1) is 16.6. The van der Waals surface area contributed by atoms with Crippen molar-refractivity contribution in [3.05, 3.63) is 53.5 Å². The van der Waals surface area contributed by atoms with Gasteiger partial charge in [0.15, 0.2) is 0 Å². The Hall–Kier alpha value is -1.82. The Morgan fingerprint density at radius 3 is 3.04 bits per heavy atom. The fourth-order valence-corrected chi connectivity index (χ4v) is 3.92. The summed E-state index contributed by atoms with van der Waals surface area (Å²) < 4.78 is 11.0. The fourth-order valence-electron chi connectivity index (χ4n) is 3.92. The van der Waals surface area contributed by atoms with E-state index in [1.54, 1.807) is 6.26 Å². The molecule has 0 aliphatic carbocycles. The molecule has 0 amide bonds. The SMILES string of the molecule is CN1CCc2cc(CN3CCOCC3CC(O)c3ccco3)ccc21. The van der Waals surface area contributed by atoms with E-state index in [0.29, 0.717) is 18.8 Å². The van der Waals surface area contributed by atoms with Crippen molar-refractivity contribution in [2.24, 2.45) is 0 Å². The first-order valence-corrected chi connectivity index (χ1v) is 9.07. The predicted octanol–water partition coefficient (Wildman–Crippen LogP) is 2.60. The van der Waals surface area contributed by atoms with Crippen LogP contribution in [-0.2, 0) is 17.7 Å². The van der Waals surface area contributed by atoms with Gasteiger partial charge in [-0.05, 0) is 42.2 Å². The molecule has 1 aromatic carbocycles. The molecule has 2 unspecified atom stereocenters. The molecule has 25 heavy (non-hydrogen) atoms. The van der Waals surface area contributed by atoms with Gasteiger partial charge in [0.25, 0.3) is 0 Å². The van der Waals surface area contributed by atoms with Crippen molar-refractivity contribution >= 4 is 5.69 Å². The first-order valence-electron chi connectivity index (χ1n) is 9.07. The Balaban J connectivity index is 1.44. The van der Waals surface area contributed by atoms with Crippen LogP contribution in [0.4, 0.5) is 5.69 Å². The van der Waals surface area contributed by atoms with Crippen LogP contribution < -0.4 is 4.90 Å². The molecule has 0 saturated carbocycles. The summed E-state index contributed by atoms with van der Waals surface area (Å²) in [5, 5.41) is 10.4. The number of ether oxygens (including phenoxy) is 1. The lowest BCUT2D eigenvalue weighted by molar-refractivity contribution is -0.0323. The van der Waals surface area contributed by atoms with Crippen LogP contribution >= 0.6 is 0 Å². The second-order valence-electron chi connectivity index (χ2n) is 7.10. The van der Waals surface area contributed by atoms with E-state index >= 15 is 0 Å². The molecule has 2 aliphatic rings. The van der Waals surface area contributed by atoms with Crippen LogP contribution in [0, 0.1) is 0 Å². The molecule has 0 spiro atoms. The highest BCUT2D eigenvalue weighted by atomic mass is 16.5. The van der Waals surface area contributed by atoms with Crippen molar-refractivity contribution in [3.63, 3.8) is 0 Å². The lowest BCUT2D eigenvalue weighted by atomic mass is 10.0. The van der Waals surface area contributed by atoms with Crippen LogP contribution in [-0.4, -0.2) is 49.4 Å². The molecular formula is C20H26N2O3. The molecule has 0 bridgehead atoms. The average molecular weight is 342 g/mol. The van der Waals surface area contributed by atoms with Crippen molar-refractivity contribution in [2.45, 2.75) is 31.5 Å². The number of hydrogen-bond acceptors (Lipinski definition) is 5. The minimum Gasteiger partial charge on any atom is -0.467 e. The number of fused-ring (bicyclic) bond motifs is 1. The Bertz CT molecular complexity index is 701. The van der Waals surface area contributed by atoms with Gasteiger partial charge in [-0.3, -0.25) is 4.90 Å². The Morgan fingerprint density at radius 1 is 1.28 bits per heavy atom. The topological polar surface area (TPSA) is 49.1 Å². The molecule has 4 rings (SSSR count). The highest BCUT2D eigenvalue weighted by Crippen LogP contribution is 2.29. The molecule has 2 aromatic rings. The quantitative estimate of drug-likeness (QED) is 0.905. The van der Waals surface area contributed by atoms with E-state index in [-0.39, 0.29) is 6.04 Å². The van der Waals surface area contributed by atoms with E-state index in [9.17, 15) is 5.11 Å². The maximum atomic E-state index is 10.4. The van der Waals surface area contributed by atoms with Gasteiger partial charge in [-0.25, -0.2) is 0 Å². The summed E-state index contributed by atoms with van der Waals surface area (Å²) >= 11 is 0. The van der Waals surface area contributed by atoms with Gasteiger partial charge in [-0.15, -0.1) is 0 Å². The maximum absolute atomic E-state index is 10.4. The van der Waals surface area contributed by atoms with Gasteiger partial charge in [0.1, 0.15) is 11.9 Å². The van der Waals surface area contributed by atoms with Crippen LogP contribution in [0.25, 0.3) is 0 Å². The molecule has 5 heteroatoms. The van der Waals surface area contributed by atoms with Crippen molar-refractivity contribution < 1.29 is 14.3 Å². The summed E-state index contributed by atoms with van der Waals surface area (Å²) in [7, 11) is 2.15. The van der Waals surface area contributed by atoms with Gasteiger partial charge in [0.2, 0.25) is 0 Å². The Labute approximate surface area is 148 Å². The summed E-state index contributed by atoms with van der Waals surface area (Å²) in [5.41, 5.74) is 4.14. The monoisotopic (exact) mass is 342 g/mol. The summed E-state index contributed by atoms with van der Waals surface area (Å²) in [6, 6.07) is 10.7. The number of nitrogens with zero attached hydrogens (tertiary/aromatic N) is 2. The van der Waals surface area contributed by atoms with Gasteiger partial charge in [-0.1, -0.05) is 12.1 Å². The zero-order chi connectivity index (χ0) is 17.2. The smallest absolute Gasteiger partial charge is 0.132 e. The van der Waals surface area contributed by atoms with Crippen molar-refractivity contribution in [1.29, 1.82) is 0 Å². The van der Waals surface area contributed by atoms with Crippen LogP contribution in [0.1, 0.15) is 29.4 Å². The van der Waals surface area contributed by atoms with E-state index in [1.165, 1.54) is 16.8 Å². The van der Waals surface area contributed by atoms with Gasteiger partial charge in [-0.2, -0.15) is 0 Å². The second-order valence-corrected chi connectivity index (χ2v) is 7.10. The number of rotatable bonds is 5. The average Bonchev–Trinajstić information content (AvgIpc) is 3.27. The molecule has 2 aliphatic heterocycles. The summed E-state index contributed by atoms with van der Waals surface area (Å²) in [6.07, 6.45) is 2.78. The van der Waals surface area contributed by atoms with Crippen molar-refractivity contribution in [2.75, 3.05) is 38.3 Å². The maximum Gasteiger partial charge on any atom is 0.132 e. The summed E-state index contributed by atoms with van der Waals surface area (Å²) in [6.45, 7) is 4.31. The standard InChI is InChI=1S/C20H26N2O3/c1-21-7-6-16-11-15(4-5-18(16)21)13-22-8-10-24-14-17(22)12-19(23)20-3-2-9-25-20/h2-5,9,11,17,19,23H,6-8,10,12-14H2,1H3. The zero-order valence-electron chi connectivity index (χ0n) is 14.7. The third-order valence-electron chi connectivity index (χ3n) is 5.37. The number of morpholine rings is 1. The highest BCUT2D eigenvalue weighted by molar-refractivity contribution is 5.58. The third-order valence-corrected chi connectivity index (χ3v) is 5.37. The molecule has 1 fully saturated rings. The number of aliphatic hydroxyl groups is 1. The van der Waals surface area contributed by atoms with Gasteiger partial charge in [0, 0.05) is 38.4 Å². The molecule has 1 N–H and O–H groups in total. The van der Waals surface area contributed by atoms with Crippen LogP contribution in [0.2, 0.25) is 0 Å². The number of likely N-dealkylation sites (N-methyl/N-ethyl adjacent to an activating group) is 1. The lowest BCUT2D eigenvalue weighted by Gasteiger charge is -2.36. The molecule has 3 heterocycles. The Kier molecular flexibility index (Phi) is 4.79. The van der Waals surface area contributed by atoms with E-state index in [0.717, 1.165) is 32.7 Å². The summed E-state index contributed by atoms with van der Waals surface area (Å²) in [4.78, 5) is 4.74. The second kappa shape index (κ2) is 7.20. The zero-order valence-corrected chi connectivity index (χ0v) is 14.7.